The molecular weight excluding hydrogens is 324 g/mol. The molecule has 0 aliphatic carbocycles. The van der Waals surface area contributed by atoms with E-state index in [1.54, 1.807) is 0 Å². The van der Waals surface area contributed by atoms with Crippen LogP contribution in [0.2, 0.25) is 0 Å². The van der Waals surface area contributed by atoms with E-state index in [2.05, 4.69) is 57.9 Å². The maximum absolute atomic E-state index is 4.40. The van der Waals surface area contributed by atoms with Crippen molar-refractivity contribution in [1.82, 2.24) is 29.1 Å². The van der Waals surface area contributed by atoms with Crippen LogP contribution in [0.15, 0.2) is 24.8 Å². The molecule has 0 saturated carbocycles. The fourth-order valence-corrected chi connectivity index (χ4v) is 4.37. The number of nitrogens with zero attached hydrogens (tertiary/aromatic N) is 6. The Labute approximate surface area is 157 Å². The quantitative estimate of drug-likeness (QED) is 0.681. The summed E-state index contributed by atoms with van der Waals surface area (Å²) >= 11 is 0. The molecule has 0 amide bonds. The lowest BCUT2D eigenvalue weighted by Gasteiger charge is -2.40. The minimum atomic E-state index is 0.494. The lowest BCUT2D eigenvalue weighted by atomic mass is 9.85. The van der Waals surface area contributed by atoms with Crippen LogP contribution >= 0.6 is 0 Å². The first-order valence-corrected chi connectivity index (χ1v) is 9.89. The molecule has 1 aliphatic heterocycles. The molecule has 2 aromatic heterocycles. The molecule has 0 bridgehead atoms. The third-order valence-corrected chi connectivity index (χ3v) is 5.73. The van der Waals surface area contributed by atoms with Gasteiger partial charge in [0.05, 0.1) is 6.20 Å². The molecule has 1 aliphatic rings. The van der Waals surface area contributed by atoms with Gasteiger partial charge in [-0.25, -0.2) is 4.98 Å². The summed E-state index contributed by atoms with van der Waals surface area (Å²) in [4.78, 5) is 9.33. The average Bonchev–Trinajstić information content (AvgIpc) is 3.20. The topological polar surface area (TPSA) is 42.1 Å². The summed E-state index contributed by atoms with van der Waals surface area (Å²) in [6.07, 6.45) is 13.2. The van der Waals surface area contributed by atoms with Gasteiger partial charge >= 0.3 is 0 Å². The van der Waals surface area contributed by atoms with E-state index in [1.807, 2.05) is 24.1 Å². The summed E-state index contributed by atoms with van der Waals surface area (Å²) in [5.41, 5.74) is 1.36. The van der Waals surface area contributed by atoms with Gasteiger partial charge in [-0.3, -0.25) is 9.58 Å². The minimum absolute atomic E-state index is 0.494. The zero-order chi connectivity index (χ0) is 18.5. The normalized spacial score (nSPS) is 21.6. The second-order valence-corrected chi connectivity index (χ2v) is 7.91. The molecule has 1 saturated heterocycles. The number of imidazole rings is 1. The molecule has 0 N–H and O–H groups in total. The molecular formula is C20H34N6. The molecule has 6 nitrogen and oxygen atoms in total. The first-order valence-electron chi connectivity index (χ1n) is 9.89. The summed E-state index contributed by atoms with van der Waals surface area (Å²) in [5, 5.41) is 4.40. The van der Waals surface area contributed by atoms with Crippen molar-refractivity contribution >= 4 is 0 Å². The molecule has 26 heavy (non-hydrogen) atoms. The largest absolute Gasteiger partial charge is 0.335 e. The van der Waals surface area contributed by atoms with Crippen molar-refractivity contribution in [3.05, 3.63) is 36.2 Å². The zero-order valence-electron chi connectivity index (χ0n) is 16.8. The highest BCUT2D eigenvalue weighted by atomic mass is 15.3. The molecule has 6 heteroatoms. The van der Waals surface area contributed by atoms with Crippen LogP contribution in [0, 0.1) is 12.8 Å². The molecule has 0 unspecified atom stereocenters. The van der Waals surface area contributed by atoms with Gasteiger partial charge in [0.15, 0.2) is 0 Å². The maximum atomic E-state index is 4.40. The van der Waals surface area contributed by atoms with Crippen molar-refractivity contribution in [1.29, 1.82) is 0 Å². The first kappa shape index (κ1) is 19.1. The smallest absolute Gasteiger partial charge is 0.105 e. The van der Waals surface area contributed by atoms with Crippen LogP contribution in [0.1, 0.15) is 43.1 Å². The van der Waals surface area contributed by atoms with Gasteiger partial charge in [-0.1, -0.05) is 0 Å². The van der Waals surface area contributed by atoms with E-state index in [0.29, 0.717) is 12.0 Å². The van der Waals surface area contributed by atoms with Crippen molar-refractivity contribution in [2.45, 2.75) is 45.2 Å². The SMILES string of the molecule is Cc1nccn1CCCCN(C)C[C@@H]1CCCN(C)[C@H]1c1cnn(C)c1. The Hall–Kier alpha value is -1.66. The van der Waals surface area contributed by atoms with Crippen molar-refractivity contribution in [3.63, 3.8) is 0 Å². The Morgan fingerprint density at radius 2 is 2.12 bits per heavy atom. The van der Waals surface area contributed by atoms with Crippen LogP contribution in [0.3, 0.4) is 0 Å². The predicted molar refractivity (Wildman–Crippen MR) is 105 cm³/mol. The van der Waals surface area contributed by atoms with Gasteiger partial charge in [-0.15, -0.1) is 0 Å². The van der Waals surface area contributed by atoms with Crippen LogP contribution in [0.25, 0.3) is 0 Å². The Morgan fingerprint density at radius 3 is 2.81 bits per heavy atom. The highest BCUT2D eigenvalue weighted by Gasteiger charge is 2.31. The summed E-state index contributed by atoms with van der Waals surface area (Å²) in [5.74, 6) is 1.79. The Balaban J connectivity index is 1.48. The van der Waals surface area contributed by atoms with Crippen molar-refractivity contribution in [2.24, 2.45) is 13.0 Å². The second-order valence-electron chi connectivity index (χ2n) is 7.91. The number of unbranched alkanes of at least 4 members (excludes halogenated alkanes) is 1. The van der Waals surface area contributed by atoms with E-state index in [0.717, 1.165) is 25.5 Å². The number of aromatic nitrogens is 4. The zero-order valence-corrected chi connectivity index (χ0v) is 16.8. The van der Waals surface area contributed by atoms with E-state index in [-0.39, 0.29) is 0 Å². The lowest BCUT2D eigenvalue weighted by molar-refractivity contribution is 0.0938. The third kappa shape index (κ3) is 4.74. The number of hydrogen-bond donors (Lipinski definition) is 0. The number of likely N-dealkylation sites (tertiary alicyclic amines) is 1. The average molecular weight is 359 g/mol. The standard InChI is InChI=1S/C20H34N6/c1-17-21-9-13-26(17)12-6-5-10-23(2)15-18-8-7-11-24(3)20(18)19-14-22-25(4)16-19/h9,13-14,16,18,20H,5-8,10-12,15H2,1-4H3/t18-,20+/m0/s1. The number of hydrogen-bond acceptors (Lipinski definition) is 4. The van der Waals surface area contributed by atoms with E-state index in [9.17, 15) is 0 Å². The van der Waals surface area contributed by atoms with Crippen LogP contribution < -0.4 is 0 Å². The fraction of sp³-hybridized carbons (Fsp3) is 0.700. The third-order valence-electron chi connectivity index (χ3n) is 5.73. The number of aryl methyl sites for hydroxylation is 3. The van der Waals surface area contributed by atoms with E-state index >= 15 is 0 Å². The van der Waals surface area contributed by atoms with E-state index in [1.165, 1.54) is 37.8 Å². The predicted octanol–water partition coefficient (Wildman–Crippen LogP) is 2.72. The van der Waals surface area contributed by atoms with Crippen molar-refractivity contribution in [3.8, 4) is 0 Å². The first-order chi connectivity index (χ1) is 12.5. The summed E-state index contributed by atoms with van der Waals surface area (Å²) in [6, 6.07) is 0.494. The van der Waals surface area contributed by atoms with Gasteiger partial charge < -0.3 is 9.47 Å². The molecule has 3 heterocycles. The van der Waals surface area contributed by atoms with Gasteiger partial charge in [0.2, 0.25) is 0 Å². The van der Waals surface area contributed by atoms with Crippen molar-refractivity contribution in [2.75, 3.05) is 33.7 Å². The Kier molecular flexibility index (Phi) is 6.48. The van der Waals surface area contributed by atoms with Gasteiger partial charge in [0.25, 0.3) is 0 Å². The van der Waals surface area contributed by atoms with E-state index < -0.39 is 0 Å². The van der Waals surface area contributed by atoms with E-state index in [4.69, 9.17) is 0 Å². The Morgan fingerprint density at radius 1 is 1.27 bits per heavy atom. The summed E-state index contributed by atoms with van der Waals surface area (Å²) in [6.45, 7) is 6.65. The molecule has 144 valence electrons. The summed E-state index contributed by atoms with van der Waals surface area (Å²) in [7, 11) is 6.55. The number of rotatable bonds is 8. The fourth-order valence-electron chi connectivity index (χ4n) is 4.37. The molecule has 1 fully saturated rings. The van der Waals surface area contributed by atoms with Gasteiger partial charge in [-0.05, 0) is 65.7 Å². The molecule has 3 rings (SSSR count). The Bertz CT molecular complexity index is 675. The highest BCUT2D eigenvalue weighted by Crippen LogP contribution is 2.35. The van der Waals surface area contributed by atoms with Gasteiger partial charge in [0.1, 0.15) is 5.82 Å². The molecule has 2 atom stereocenters. The number of piperidine rings is 1. The minimum Gasteiger partial charge on any atom is -0.335 e. The van der Waals surface area contributed by atoms with Crippen LogP contribution in [-0.4, -0.2) is 62.9 Å². The molecule has 2 aromatic rings. The molecule has 0 spiro atoms. The summed E-state index contributed by atoms with van der Waals surface area (Å²) < 4.78 is 4.17. The van der Waals surface area contributed by atoms with Gasteiger partial charge in [0, 0.05) is 50.3 Å². The van der Waals surface area contributed by atoms with Crippen molar-refractivity contribution < 1.29 is 0 Å². The van der Waals surface area contributed by atoms with Gasteiger partial charge in [-0.2, -0.15) is 5.10 Å². The maximum Gasteiger partial charge on any atom is 0.105 e. The monoisotopic (exact) mass is 358 g/mol. The molecule has 0 aromatic carbocycles. The van der Waals surface area contributed by atoms with Crippen LogP contribution in [-0.2, 0) is 13.6 Å². The second kappa shape index (κ2) is 8.82. The molecule has 0 radical (unpaired) electrons. The van der Waals surface area contributed by atoms with Crippen LogP contribution in [0.5, 0.6) is 0 Å². The van der Waals surface area contributed by atoms with Crippen LogP contribution in [0.4, 0.5) is 0 Å². The lowest BCUT2D eigenvalue weighted by Crippen LogP contribution is -2.41. The highest BCUT2D eigenvalue weighted by molar-refractivity contribution is 5.13.